The van der Waals surface area contributed by atoms with Crippen molar-refractivity contribution in [3.05, 3.63) is 25.7 Å². The van der Waals surface area contributed by atoms with Gasteiger partial charge in [-0.15, -0.1) is 46.2 Å². The lowest BCUT2D eigenvalue weighted by atomic mass is 10.1. The van der Waals surface area contributed by atoms with Crippen molar-refractivity contribution in [1.29, 1.82) is 0 Å². The fourth-order valence-electron chi connectivity index (χ4n) is 3.73. The monoisotopic (exact) mass is 472 g/mol. The SMILES string of the molecule is CCCCCCCCCCc1c(Br)sc2c3c(sc12)C1SC=CC1S3. The van der Waals surface area contributed by atoms with Crippen LogP contribution in [0.4, 0.5) is 0 Å². The second kappa shape index (κ2) is 8.72. The quantitative estimate of drug-likeness (QED) is 0.333. The molecule has 2 aliphatic heterocycles. The minimum atomic E-state index is 0.688. The molecule has 4 heterocycles. The van der Waals surface area contributed by atoms with Crippen LogP contribution in [0, 0.1) is 0 Å². The van der Waals surface area contributed by atoms with Gasteiger partial charge in [0.25, 0.3) is 0 Å². The standard InChI is InChI=1S/C20H25BrS4/c1-2-3-4-5-6-7-8-9-10-13-15-17(25-20(13)21)19-18(24-15)16-14(23-19)11-12-22-16/h11-12,14,16H,2-10H2,1H3. The summed E-state index contributed by atoms with van der Waals surface area (Å²) in [5.41, 5.74) is 1.60. The summed E-state index contributed by atoms with van der Waals surface area (Å²) in [6.07, 6.45) is 14.8. The molecule has 0 fully saturated rings. The third-order valence-electron chi connectivity index (χ3n) is 5.14. The van der Waals surface area contributed by atoms with Crippen molar-refractivity contribution in [3.8, 4) is 0 Å². The summed E-state index contributed by atoms with van der Waals surface area (Å²) in [6.45, 7) is 2.29. The molecule has 136 valence electrons. The predicted octanol–water partition coefficient (Wildman–Crippen LogP) is 9.18. The highest BCUT2D eigenvalue weighted by Crippen LogP contribution is 2.62. The van der Waals surface area contributed by atoms with Crippen LogP contribution in [0.15, 0.2) is 20.2 Å². The maximum Gasteiger partial charge on any atom is 0.0751 e. The molecular formula is C20H25BrS4. The molecule has 25 heavy (non-hydrogen) atoms. The highest BCUT2D eigenvalue weighted by Gasteiger charge is 2.38. The Kier molecular flexibility index (Phi) is 6.60. The number of fused-ring (bicyclic) bond motifs is 5. The number of hydrogen-bond acceptors (Lipinski definition) is 4. The van der Waals surface area contributed by atoms with Crippen LogP contribution >= 0.6 is 62.1 Å². The summed E-state index contributed by atoms with van der Waals surface area (Å²) in [4.78, 5) is 3.25. The maximum absolute atomic E-state index is 3.87. The third kappa shape index (κ3) is 3.91. The second-order valence-electron chi connectivity index (χ2n) is 7.00. The normalized spacial score (nSPS) is 21.4. The van der Waals surface area contributed by atoms with Gasteiger partial charge in [0.1, 0.15) is 0 Å². The molecule has 4 rings (SSSR count). The van der Waals surface area contributed by atoms with E-state index in [1.165, 1.54) is 61.6 Å². The van der Waals surface area contributed by atoms with E-state index in [9.17, 15) is 0 Å². The average Bonchev–Trinajstić information content (AvgIpc) is 3.31. The Morgan fingerprint density at radius 2 is 1.72 bits per heavy atom. The molecule has 2 atom stereocenters. The number of hydrogen-bond donors (Lipinski definition) is 0. The molecule has 0 nitrogen and oxygen atoms in total. The molecule has 0 spiro atoms. The molecule has 0 radical (unpaired) electrons. The van der Waals surface area contributed by atoms with E-state index in [0.717, 1.165) is 0 Å². The van der Waals surface area contributed by atoms with Crippen molar-refractivity contribution in [2.45, 2.75) is 80.1 Å². The van der Waals surface area contributed by atoms with Crippen LogP contribution in [0.2, 0.25) is 0 Å². The van der Waals surface area contributed by atoms with Gasteiger partial charge >= 0.3 is 0 Å². The van der Waals surface area contributed by atoms with Crippen molar-refractivity contribution < 1.29 is 0 Å². The van der Waals surface area contributed by atoms with Gasteiger partial charge in [0.15, 0.2) is 0 Å². The first-order valence-corrected chi connectivity index (χ1v) is 13.8. The van der Waals surface area contributed by atoms with E-state index in [2.05, 4.69) is 57.4 Å². The van der Waals surface area contributed by atoms with Crippen molar-refractivity contribution >= 4 is 71.5 Å². The highest BCUT2D eigenvalue weighted by molar-refractivity contribution is 9.11. The number of rotatable bonds is 9. The lowest BCUT2D eigenvalue weighted by Crippen LogP contribution is -1.95. The zero-order valence-electron chi connectivity index (χ0n) is 14.7. The molecule has 2 aromatic rings. The molecule has 0 bridgehead atoms. The largest absolute Gasteiger partial charge is 0.137 e. The summed E-state index contributed by atoms with van der Waals surface area (Å²) < 4.78 is 4.54. The van der Waals surface area contributed by atoms with Crippen LogP contribution in [-0.4, -0.2) is 5.25 Å². The maximum atomic E-state index is 3.87. The topological polar surface area (TPSA) is 0 Å². The number of halogens is 1. The zero-order chi connectivity index (χ0) is 17.2. The first-order valence-electron chi connectivity index (χ1n) is 9.52. The van der Waals surface area contributed by atoms with Crippen LogP contribution in [0.5, 0.6) is 0 Å². The fraction of sp³-hybridized carbons (Fsp3) is 0.600. The number of aryl methyl sites for hydroxylation is 1. The summed E-state index contributed by atoms with van der Waals surface area (Å²) in [5, 5.41) is 3.68. The number of unbranched alkanes of at least 4 members (excludes halogenated alkanes) is 7. The van der Waals surface area contributed by atoms with Gasteiger partial charge in [0.2, 0.25) is 0 Å². The summed E-state index contributed by atoms with van der Waals surface area (Å²) in [5.74, 6) is 0. The molecule has 2 unspecified atom stereocenters. The third-order valence-corrected chi connectivity index (χ3v) is 11.7. The van der Waals surface area contributed by atoms with Crippen molar-refractivity contribution in [1.82, 2.24) is 0 Å². The van der Waals surface area contributed by atoms with E-state index < -0.39 is 0 Å². The molecule has 0 N–H and O–H groups in total. The molecule has 0 amide bonds. The van der Waals surface area contributed by atoms with Gasteiger partial charge in [-0.2, -0.15) is 0 Å². The average molecular weight is 474 g/mol. The molecule has 2 aliphatic rings. The highest BCUT2D eigenvalue weighted by atomic mass is 79.9. The zero-order valence-corrected chi connectivity index (χ0v) is 19.5. The molecule has 0 saturated heterocycles. The van der Waals surface area contributed by atoms with Gasteiger partial charge in [-0.05, 0) is 39.7 Å². The number of thiophene rings is 2. The van der Waals surface area contributed by atoms with Crippen LogP contribution in [0.1, 0.15) is 74.0 Å². The second-order valence-corrected chi connectivity index (χ2v) is 12.6. The van der Waals surface area contributed by atoms with E-state index in [4.69, 9.17) is 0 Å². The molecule has 0 aromatic carbocycles. The minimum absolute atomic E-state index is 0.688. The van der Waals surface area contributed by atoms with Crippen LogP contribution in [0.3, 0.4) is 0 Å². The molecular weight excluding hydrogens is 448 g/mol. The molecule has 0 aliphatic carbocycles. The summed E-state index contributed by atoms with van der Waals surface area (Å²) in [6, 6.07) is 0. The van der Waals surface area contributed by atoms with Crippen LogP contribution < -0.4 is 0 Å². The van der Waals surface area contributed by atoms with E-state index in [1.807, 2.05) is 23.1 Å². The van der Waals surface area contributed by atoms with E-state index in [1.54, 1.807) is 24.7 Å². The van der Waals surface area contributed by atoms with Gasteiger partial charge in [-0.1, -0.05) is 57.9 Å². The number of thioether (sulfide) groups is 2. The van der Waals surface area contributed by atoms with Crippen molar-refractivity contribution in [2.75, 3.05) is 0 Å². The van der Waals surface area contributed by atoms with Gasteiger partial charge in [-0.3, -0.25) is 0 Å². The van der Waals surface area contributed by atoms with Gasteiger partial charge in [0, 0.05) is 15.0 Å². The smallest absolute Gasteiger partial charge is 0.0751 e. The molecule has 2 aromatic heterocycles. The Labute approximate surface area is 176 Å². The van der Waals surface area contributed by atoms with E-state index in [-0.39, 0.29) is 0 Å². The Hall–Kier alpha value is 0.580. The molecule has 0 saturated carbocycles. The van der Waals surface area contributed by atoms with Gasteiger partial charge < -0.3 is 0 Å². The lowest BCUT2D eigenvalue weighted by Gasteiger charge is -2.06. The Morgan fingerprint density at radius 1 is 0.960 bits per heavy atom. The Balaban J connectivity index is 1.35. The Morgan fingerprint density at radius 3 is 2.52 bits per heavy atom. The van der Waals surface area contributed by atoms with Gasteiger partial charge in [-0.25, -0.2) is 0 Å². The van der Waals surface area contributed by atoms with E-state index >= 15 is 0 Å². The fourth-order valence-corrected chi connectivity index (χ4v) is 10.8. The van der Waals surface area contributed by atoms with Crippen molar-refractivity contribution in [3.63, 3.8) is 0 Å². The summed E-state index contributed by atoms with van der Waals surface area (Å²) >= 11 is 12.0. The van der Waals surface area contributed by atoms with Crippen molar-refractivity contribution in [2.24, 2.45) is 0 Å². The van der Waals surface area contributed by atoms with Crippen LogP contribution in [0.25, 0.3) is 9.40 Å². The first-order chi connectivity index (χ1) is 12.3. The lowest BCUT2D eigenvalue weighted by molar-refractivity contribution is 0.576. The van der Waals surface area contributed by atoms with Crippen LogP contribution in [-0.2, 0) is 6.42 Å². The Bertz CT molecular complexity index is 757. The summed E-state index contributed by atoms with van der Waals surface area (Å²) in [7, 11) is 0. The van der Waals surface area contributed by atoms with E-state index in [0.29, 0.717) is 10.5 Å². The molecule has 5 heteroatoms. The minimum Gasteiger partial charge on any atom is -0.137 e. The first kappa shape index (κ1) is 18.9. The van der Waals surface area contributed by atoms with Gasteiger partial charge in [0.05, 0.1) is 18.4 Å². The predicted molar refractivity (Wildman–Crippen MR) is 123 cm³/mol.